The minimum absolute atomic E-state index is 0.0987. The number of nitrogens with one attached hydrogen (secondary N) is 1. The quantitative estimate of drug-likeness (QED) is 0.752. The van der Waals surface area contributed by atoms with Crippen molar-refractivity contribution in [1.82, 2.24) is 15.1 Å². The average Bonchev–Trinajstić information content (AvgIpc) is 2.79. The van der Waals surface area contributed by atoms with E-state index >= 15 is 0 Å². The van der Waals surface area contributed by atoms with Crippen molar-refractivity contribution in [3.63, 3.8) is 0 Å². The van der Waals surface area contributed by atoms with Gasteiger partial charge in [0.1, 0.15) is 5.78 Å². The Hall–Kier alpha value is -0.940. The van der Waals surface area contributed by atoms with E-state index in [0.717, 1.165) is 70.6 Å². The Morgan fingerprint density at radius 2 is 1.57 bits per heavy atom. The number of ketones is 1. The molecule has 0 radical (unpaired) electrons. The van der Waals surface area contributed by atoms with Crippen LogP contribution in [0.4, 0.5) is 0 Å². The second-order valence-corrected chi connectivity index (χ2v) is 8.53. The van der Waals surface area contributed by atoms with Gasteiger partial charge in [0, 0.05) is 57.5 Å². The van der Waals surface area contributed by atoms with Crippen LogP contribution >= 0.6 is 0 Å². The first-order valence-electron chi connectivity index (χ1n) is 11.9. The molecular formula is C23H43N3O2. The van der Waals surface area contributed by atoms with Crippen molar-refractivity contribution < 1.29 is 9.59 Å². The molecule has 2 heterocycles. The molecule has 0 aromatic rings. The maximum absolute atomic E-state index is 12.9. The molecule has 28 heavy (non-hydrogen) atoms. The highest BCUT2D eigenvalue weighted by molar-refractivity contribution is 5.83. The van der Waals surface area contributed by atoms with E-state index in [1.807, 2.05) is 20.8 Å². The number of Topliss-reactive ketones (excluding diaryl/α,β-unsaturated/α-hetero) is 1. The summed E-state index contributed by atoms with van der Waals surface area (Å²) in [6, 6.07) is 0. The minimum atomic E-state index is 0.0987. The van der Waals surface area contributed by atoms with E-state index in [1.165, 1.54) is 26.1 Å². The topological polar surface area (TPSA) is 52.7 Å². The van der Waals surface area contributed by atoms with Gasteiger partial charge in [-0.1, -0.05) is 27.2 Å². The van der Waals surface area contributed by atoms with Crippen LogP contribution < -0.4 is 5.32 Å². The summed E-state index contributed by atoms with van der Waals surface area (Å²) < 4.78 is 0. The van der Waals surface area contributed by atoms with Crippen LogP contribution in [0.5, 0.6) is 0 Å². The van der Waals surface area contributed by atoms with Gasteiger partial charge in [-0.2, -0.15) is 0 Å². The Morgan fingerprint density at radius 3 is 2.21 bits per heavy atom. The molecule has 2 saturated heterocycles. The maximum atomic E-state index is 12.9. The number of nitrogens with zero attached hydrogens (tertiary/aromatic N) is 2. The zero-order valence-corrected chi connectivity index (χ0v) is 18.5. The van der Waals surface area contributed by atoms with E-state index in [9.17, 15) is 9.59 Å². The second kappa shape index (κ2) is 12.6. The molecule has 1 aliphatic carbocycles. The summed E-state index contributed by atoms with van der Waals surface area (Å²) >= 11 is 0. The molecule has 2 aliphatic heterocycles. The van der Waals surface area contributed by atoms with Gasteiger partial charge >= 0.3 is 0 Å². The largest absolute Gasteiger partial charge is 0.342 e. The zero-order chi connectivity index (χ0) is 20.4. The van der Waals surface area contributed by atoms with Crippen molar-refractivity contribution in [2.45, 2.75) is 72.1 Å². The van der Waals surface area contributed by atoms with Crippen molar-refractivity contribution >= 4 is 11.7 Å². The fourth-order valence-electron chi connectivity index (χ4n) is 5.00. The van der Waals surface area contributed by atoms with Gasteiger partial charge in [-0.05, 0) is 51.0 Å². The zero-order valence-electron chi connectivity index (χ0n) is 18.5. The maximum Gasteiger partial charge on any atom is 0.225 e. The Bertz CT molecular complexity index is 468. The molecule has 0 bridgehead atoms. The Balaban J connectivity index is 0.00000136. The predicted octanol–water partition coefficient (Wildman–Crippen LogP) is 3.33. The molecular weight excluding hydrogens is 350 g/mol. The number of carbonyl (C=O) groups is 2. The minimum Gasteiger partial charge on any atom is -0.342 e. The lowest BCUT2D eigenvalue weighted by Gasteiger charge is -2.37. The molecule has 3 rings (SSSR count). The van der Waals surface area contributed by atoms with Crippen molar-refractivity contribution in [1.29, 1.82) is 0 Å². The van der Waals surface area contributed by atoms with Crippen molar-refractivity contribution in [2.75, 3.05) is 45.8 Å². The number of amides is 1. The number of hydrogen-bond donors (Lipinski definition) is 1. The average molecular weight is 394 g/mol. The molecule has 5 heteroatoms. The van der Waals surface area contributed by atoms with Crippen molar-refractivity contribution in [3.05, 3.63) is 0 Å². The van der Waals surface area contributed by atoms with Gasteiger partial charge < -0.3 is 15.1 Å². The fourth-order valence-corrected chi connectivity index (χ4v) is 5.00. The summed E-state index contributed by atoms with van der Waals surface area (Å²) in [5.74, 6) is 1.70. The molecule has 3 aliphatic rings. The SMILES string of the molecule is CC.CCC(=O)C1CCCC(C(=O)N2CCC(CCN3CCNCC3)CC2)C1. The monoisotopic (exact) mass is 393 g/mol. The standard InChI is InChI=1S/C21H37N3O2.C2H6/c1-2-20(25)18-4-3-5-19(16-18)21(26)24-12-7-17(8-13-24)6-11-23-14-9-22-10-15-23;1-2/h17-19,22H,2-16H2,1H3;1-2H3. The summed E-state index contributed by atoms with van der Waals surface area (Å²) in [4.78, 5) is 29.6. The first-order valence-corrected chi connectivity index (χ1v) is 11.9. The molecule has 2 unspecified atom stereocenters. The van der Waals surface area contributed by atoms with Gasteiger partial charge in [-0.25, -0.2) is 0 Å². The van der Waals surface area contributed by atoms with Gasteiger partial charge in [-0.3, -0.25) is 9.59 Å². The highest BCUT2D eigenvalue weighted by Crippen LogP contribution is 2.32. The van der Waals surface area contributed by atoms with E-state index < -0.39 is 0 Å². The predicted molar refractivity (Wildman–Crippen MR) is 115 cm³/mol. The smallest absolute Gasteiger partial charge is 0.225 e. The summed E-state index contributed by atoms with van der Waals surface area (Å²) in [7, 11) is 0. The molecule has 1 N–H and O–H groups in total. The third kappa shape index (κ3) is 6.84. The van der Waals surface area contributed by atoms with Crippen LogP contribution in [0.3, 0.4) is 0 Å². The van der Waals surface area contributed by atoms with E-state index in [4.69, 9.17) is 0 Å². The highest BCUT2D eigenvalue weighted by Gasteiger charge is 2.34. The van der Waals surface area contributed by atoms with Crippen molar-refractivity contribution in [2.24, 2.45) is 17.8 Å². The van der Waals surface area contributed by atoms with Crippen LogP contribution in [0.1, 0.15) is 72.1 Å². The number of carbonyl (C=O) groups excluding carboxylic acids is 2. The molecule has 0 aromatic carbocycles. The van der Waals surface area contributed by atoms with E-state index in [2.05, 4.69) is 15.1 Å². The van der Waals surface area contributed by atoms with Gasteiger partial charge in [0.05, 0.1) is 0 Å². The number of piperidine rings is 1. The number of piperazine rings is 1. The van der Waals surface area contributed by atoms with Crippen LogP contribution in [0, 0.1) is 17.8 Å². The number of hydrogen-bond acceptors (Lipinski definition) is 4. The number of rotatable bonds is 6. The fraction of sp³-hybridized carbons (Fsp3) is 0.913. The lowest BCUT2D eigenvalue weighted by Crippen LogP contribution is -2.45. The molecule has 5 nitrogen and oxygen atoms in total. The number of likely N-dealkylation sites (tertiary alicyclic amines) is 1. The summed E-state index contributed by atoms with van der Waals surface area (Å²) in [6.45, 7) is 13.6. The molecule has 3 fully saturated rings. The van der Waals surface area contributed by atoms with E-state index in [1.54, 1.807) is 0 Å². The van der Waals surface area contributed by atoms with Crippen LogP contribution in [-0.2, 0) is 9.59 Å². The summed E-state index contributed by atoms with van der Waals surface area (Å²) in [6.07, 6.45) is 8.01. The van der Waals surface area contributed by atoms with Crippen LogP contribution in [-0.4, -0.2) is 67.3 Å². The van der Waals surface area contributed by atoms with Gasteiger partial charge in [0.2, 0.25) is 5.91 Å². The third-order valence-corrected chi connectivity index (χ3v) is 6.82. The summed E-state index contributed by atoms with van der Waals surface area (Å²) in [5.41, 5.74) is 0. The molecule has 1 amide bonds. The second-order valence-electron chi connectivity index (χ2n) is 8.53. The Labute approximate surface area is 172 Å². The van der Waals surface area contributed by atoms with Gasteiger partial charge in [-0.15, -0.1) is 0 Å². The lowest BCUT2D eigenvalue weighted by molar-refractivity contribution is -0.139. The normalized spacial score (nSPS) is 27.0. The molecule has 0 aromatic heterocycles. The molecule has 0 spiro atoms. The van der Waals surface area contributed by atoms with Crippen LogP contribution in [0.25, 0.3) is 0 Å². The summed E-state index contributed by atoms with van der Waals surface area (Å²) in [5, 5.41) is 3.41. The third-order valence-electron chi connectivity index (χ3n) is 6.82. The first kappa shape index (κ1) is 23.3. The molecule has 1 saturated carbocycles. The Kier molecular flexibility index (Phi) is 10.5. The van der Waals surface area contributed by atoms with Crippen molar-refractivity contribution in [3.8, 4) is 0 Å². The molecule has 2 atom stereocenters. The first-order chi connectivity index (χ1) is 13.7. The van der Waals surface area contributed by atoms with E-state index in [0.29, 0.717) is 18.1 Å². The lowest BCUT2D eigenvalue weighted by atomic mass is 9.78. The van der Waals surface area contributed by atoms with Crippen LogP contribution in [0.15, 0.2) is 0 Å². The van der Waals surface area contributed by atoms with E-state index in [-0.39, 0.29) is 11.8 Å². The van der Waals surface area contributed by atoms with Gasteiger partial charge in [0.25, 0.3) is 0 Å². The highest BCUT2D eigenvalue weighted by atomic mass is 16.2. The Morgan fingerprint density at radius 1 is 0.929 bits per heavy atom. The van der Waals surface area contributed by atoms with Gasteiger partial charge in [0.15, 0.2) is 0 Å². The van der Waals surface area contributed by atoms with Crippen LogP contribution in [0.2, 0.25) is 0 Å². The molecule has 162 valence electrons.